The minimum absolute atomic E-state index is 0.0830. The third-order valence-corrected chi connectivity index (χ3v) is 5.43. The fraction of sp³-hybridized carbons (Fsp3) is 0.444. The first-order valence-electron chi connectivity index (χ1n) is 11.6. The molecule has 1 N–H and O–H groups in total. The lowest BCUT2D eigenvalue weighted by Crippen LogP contribution is -2.45. The predicted molar refractivity (Wildman–Crippen MR) is 127 cm³/mol. The van der Waals surface area contributed by atoms with E-state index in [9.17, 15) is 14.4 Å². The lowest BCUT2D eigenvalue weighted by Gasteiger charge is -2.23. The van der Waals surface area contributed by atoms with Crippen LogP contribution in [0.2, 0.25) is 0 Å². The van der Waals surface area contributed by atoms with Gasteiger partial charge < -0.3 is 19.5 Å². The van der Waals surface area contributed by atoms with Crippen molar-refractivity contribution in [2.45, 2.75) is 64.7 Å². The van der Waals surface area contributed by atoms with Crippen LogP contribution in [0.25, 0.3) is 0 Å². The fourth-order valence-electron chi connectivity index (χ4n) is 3.68. The molecule has 182 valence electrons. The minimum Gasteiger partial charge on any atom is -0.466 e. The molecule has 7 nitrogen and oxygen atoms in total. The van der Waals surface area contributed by atoms with Crippen LogP contribution in [0.1, 0.15) is 56.7 Å². The zero-order valence-electron chi connectivity index (χ0n) is 20.2. The summed E-state index contributed by atoms with van der Waals surface area (Å²) in [5.41, 5.74) is 2.08. The van der Waals surface area contributed by atoms with Gasteiger partial charge in [-0.1, -0.05) is 54.6 Å². The molecule has 0 aliphatic heterocycles. The van der Waals surface area contributed by atoms with Crippen molar-refractivity contribution in [2.75, 3.05) is 6.61 Å². The number of hydrogen-bond donors (Lipinski definition) is 1. The number of esters is 2. The number of nitrogens with one attached hydrogen (secondary N) is 1. The smallest absolute Gasteiger partial charge is 0.408 e. The summed E-state index contributed by atoms with van der Waals surface area (Å²) in [5, 5.41) is 2.65. The summed E-state index contributed by atoms with van der Waals surface area (Å²) >= 11 is 0. The van der Waals surface area contributed by atoms with Crippen molar-refractivity contribution >= 4 is 18.0 Å². The van der Waals surface area contributed by atoms with Gasteiger partial charge in [0.15, 0.2) is 0 Å². The number of rotatable bonds is 9. The van der Waals surface area contributed by atoms with E-state index in [-0.39, 0.29) is 30.8 Å². The molecule has 1 aliphatic rings. The van der Waals surface area contributed by atoms with Crippen LogP contribution in [0.15, 0.2) is 54.6 Å². The van der Waals surface area contributed by atoms with E-state index in [1.165, 1.54) is 0 Å². The van der Waals surface area contributed by atoms with E-state index in [0.29, 0.717) is 6.61 Å². The lowest BCUT2D eigenvalue weighted by molar-refractivity contribution is -0.147. The third-order valence-electron chi connectivity index (χ3n) is 5.43. The molecule has 1 saturated carbocycles. The quantitative estimate of drug-likeness (QED) is 0.430. The highest BCUT2D eigenvalue weighted by Gasteiger charge is 2.45. The largest absolute Gasteiger partial charge is 0.466 e. The molecule has 0 bridgehead atoms. The van der Waals surface area contributed by atoms with Crippen LogP contribution in [-0.2, 0) is 36.8 Å². The van der Waals surface area contributed by atoms with Crippen LogP contribution in [-0.4, -0.2) is 36.3 Å². The van der Waals surface area contributed by atoms with Gasteiger partial charge >= 0.3 is 18.0 Å². The topological polar surface area (TPSA) is 90.9 Å². The molecule has 7 heteroatoms. The molecule has 2 aromatic carbocycles. The van der Waals surface area contributed by atoms with Crippen LogP contribution >= 0.6 is 0 Å². The lowest BCUT2D eigenvalue weighted by atomic mass is 10.0. The highest BCUT2D eigenvalue weighted by molar-refractivity contribution is 5.82. The summed E-state index contributed by atoms with van der Waals surface area (Å²) < 4.78 is 15.9. The molecule has 0 aromatic heterocycles. The first-order valence-corrected chi connectivity index (χ1v) is 11.6. The number of carbonyl (C=O) groups is 3. The standard InChI is InChI=1S/C27H33NO6/c1-5-32-24(29)22-16-21(22)20-13-11-18(12-14-20)15-23(28-26(31)34-27(2,3)4)25(30)33-17-19-9-7-6-8-10-19/h6-14,21-23H,5,15-17H2,1-4H3,(H,28,31)/t21?,22?,23-/m0/s1. The molecule has 34 heavy (non-hydrogen) atoms. The number of benzene rings is 2. The maximum atomic E-state index is 12.8. The van der Waals surface area contributed by atoms with Gasteiger partial charge in [0.1, 0.15) is 18.2 Å². The molecular formula is C27H33NO6. The van der Waals surface area contributed by atoms with Crippen molar-refractivity contribution in [1.29, 1.82) is 0 Å². The van der Waals surface area contributed by atoms with Gasteiger partial charge in [-0.25, -0.2) is 9.59 Å². The first kappa shape index (κ1) is 25.3. The van der Waals surface area contributed by atoms with Gasteiger partial charge in [0.05, 0.1) is 12.5 Å². The van der Waals surface area contributed by atoms with Crippen molar-refractivity contribution in [2.24, 2.45) is 5.92 Å². The third kappa shape index (κ3) is 7.61. The SMILES string of the molecule is CCOC(=O)C1CC1c1ccc(C[C@H](NC(=O)OC(C)(C)C)C(=O)OCc2ccccc2)cc1. The Kier molecular flexibility index (Phi) is 8.31. The molecule has 1 fully saturated rings. The van der Waals surface area contributed by atoms with Gasteiger partial charge in [0, 0.05) is 6.42 Å². The predicted octanol–water partition coefficient (Wildman–Crippen LogP) is 4.53. The van der Waals surface area contributed by atoms with Gasteiger partial charge in [-0.15, -0.1) is 0 Å². The Morgan fingerprint density at radius 2 is 1.65 bits per heavy atom. The molecule has 3 atom stereocenters. The number of alkyl carbamates (subject to hydrolysis) is 1. The van der Waals surface area contributed by atoms with E-state index in [2.05, 4.69) is 5.32 Å². The molecule has 1 amide bonds. The highest BCUT2D eigenvalue weighted by Crippen LogP contribution is 2.48. The maximum absolute atomic E-state index is 12.8. The Morgan fingerprint density at radius 3 is 2.26 bits per heavy atom. The van der Waals surface area contributed by atoms with Gasteiger partial charge in [0.2, 0.25) is 0 Å². The Hall–Kier alpha value is -3.35. The van der Waals surface area contributed by atoms with Crippen molar-refractivity contribution in [3.8, 4) is 0 Å². The number of amides is 1. The zero-order valence-corrected chi connectivity index (χ0v) is 20.2. The second-order valence-corrected chi connectivity index (χ2v) is 9.44. The Bertz CT molecular complexity index is 980. The van der Waals surface area contributed by atoms with Crippen molar-refractivity contribution < 1.29 is 28.6 Å². The van der Waals surface area contributed by atoms with Crippen LogP contribution in [0.4, 0.5) is 4.79 Å². The summed E-state index contributed by atoms with van der Waals surface area (Å²) in [5.74, 6) is -0.609. The summed E-state index contributed by atoms with van der Waals surface area (Å²) in [7, 11) is 0. The van der Waals surface area contributed by atoms with Gasteiger partial charge in [0.25, 0.3) is 0 Å². The van der Waals surface area contributed by atoms with E-state index in [0.717, 1.165) is 23.1 Å². The van der Waals surface area contributed by atoms with Crippen molar-refractivity contribution in [3.63, 3.8) is 0 Å². The first-order chi connectivity index (χ1) is 16.2. The average molecular weight is 468 g/mol. The molecule has 3 rings (SSSR count). The summed E-state index contributed by atoms with van der Waals surface area (Å²) in [4.78, 5) is 37.1. The van der Waals surface area contributed by atoms with Crippen LogP contribution in [0.5, 0.6) is 0 Å². The fourth-order valence-corrected chi connectivity index (χ4v) is 3.68. The average Bonchev–Trinajstić information content (AvgIpc) is 3.58. The van der Waals surface area contributed by atoms with Gasteiger partial charge in [-0.2, -0.15) is 0 Å². The van der Waals surface area contributed by atoms with E-state index >= 15 is 0 Å². The molecule has 2 unspecified atom stereocenters. The second kappa shape index (κ2) is 11.2. The number of carbonyl (C=O) groups excluding carboxylic acids is 3. The van der Waals surface area contributed by atoms with Crippen LogP contribution in [0, 0.1) is 5.92 Å². The molecule has 0 spiro atoms. The molecule has 0 saturated heterocycles. The van der Waals surface area contributed by atoms with Crippen LogP contribution < -0.4 is 5.32 Å². The summed E-state index contributed by atoms with van der Waals surface area (Å²) in [6.45, 7) is 7.58. The maximum Gasteiger partial charge on any atom is 0.408 e. The van der Waals surface area contributed by atoms with Crippen molar-refractivity contribution in [1.82, 2.24) is 5.32 Å². The summed E-state index contributed by atoms with van der Waals surface area (Å²) in [6.07, 6.45) is 0.354. The normalized spacial score (nSPS) is 17.9. The molecule has 0 radical (unpaired) electrons. The Morgan fingerprint density at radius 1 is 0.971 bits per heavy atom. The Labute approximate surface area is 200 Å². The molecule has 1 aliphatic carbocycles. The Balaban J connectivity index is 1.64. The van der Waals surface area contributed by atoms with Gasteiger partial charge in [-0.3, -0.25) is 4.79 Å². The second-order valence-electron chi connectivity index (χ2n) is 9.44. The van der Waals surface area contributed by atoms with E-state index in [4.69, 9.17) is 14.2 Å². The molecular weight excluding hydrogens is 434 g/mol. The van der Waals surface area contributed by atoms with Crippen molar-refractivity contribution in [3.05, 3.63) is 71.3 Å². The van der Waals surface area contributed by atoms with E-state index in [1.54, 1.807) is 27.7 Å². The monoisotopic (exact) mass is 467 g/mol. The van der Waals surface area contributed by atoms with E-state index in [1.807, 2.05) is 54.6 Å². The van der Waals surface area contributed by atoms with Gasteiger partial charge in [-0.05, 0) is 56.7 Å². The molecule has 2 aromatic rings. The highest BCUT2D eigenvalue weighted by atomic mass is 16.6. The molecule has 0 heterocycles. The number of ether oxygens (including phenoxy) is 3. The zero-order chi connectivity index (χ0) is 24.7. The van der Waals surface area contributed by atoms with Crippen LogP contribution in [0.3, 0.4) is 0 Å². The minimum atomic E-state index is -0.905. The summed E-state index contributed by atoms with van der Waals surface area (Å²) in [6, 6.07) is 16.2. The van der Waals surface area contributed by atoms with E-state index < -0.39 is 23.7 Å². The number of hydrogen-bond acceptors (Lipinski definition) is 6.